The number of carbonyl (C=O) groups excluding carboxylic acids is 1. The summed E-state index contributed by atoms with van der Waals surface area (Å²) in [5.41, 5.74) is 5.78. The smallest absolute Gasteiger partial charge is 0.239 e. The molecule has 1 rings (SSSR count). The van der Waals surface area contributed by atoms with Crippen LogP contribution in [0, 0.1) is 0 Å². The van der Waals surface area contributed by atoms with Gasteiger partial charge >= 0.3 is 0 Å². The number of likely N-dealkylation sites (tertiary alicyclic amines) is 1. The van der Waals surface area contributed by atoms with Gasteiger partial charge < -0.3 is 15.5 Å². The predicted molar refractivity (Wildman–Crippen MR) is 66.2 cm³/mol. The van der Waals surface area contributed by atoms with Gasteiger partial charge in [0, 0.05) is 25.7 Å². The van der Waals surface area contributed by atoms with E-state index < -0.39 is 0 Å². The molecule has 0 aromatic carbocycles. The first-order valence-corrected chi connectivity index (χ1v) is 6.19. The highest BCUT2D eigenvalue weighted by Crippen LogP contribution is 2.20. The molecule has 2 N–H and O–H groups in total. The molecule has 1 heterocycles. The molecular formula is C12H25N3O. The Hall–Kier alpha value is -0.610. The van der Waals surface area contributed by atoms with Crippen LogP contribution in [0.5, 0.6) is 0 Å². The van der Waals surface area contributed by atoms with E-state index in [1.54, 1.807) is 0 Å². The number of carbonyl (C=O) groups is 1. The fraction of sp³-hybridized carbons (Fsp3) is 0.917. The van der Waals surface area contributed by atoms with Gasteiger partial charge in [-0.25, -0.2) is 0 Å². The summed E-state index contributed by atoms with van der Waals surface area (Å²) in [7, 11) is 4.03. The number of hydrogen-bond donors (Lipinski definition) is 1. The zero-order valence-corrected chi connectivity index (χ0v) is 10.9. The lowest BCUT2D eigenvalue weighted by molar-refractivity contribution is -0.134. The van der Waals surface area contributed by atoms with Crippen molar-refractivity contribution in [1.29, 1.82) is 0 Å². The van der Waals surface area contributed by atoms with Gasteiger partial charge in [0.15, 0.2) is 0 Å². The lowest BCUT2D eigenvalue weighted by Gasteiger charge is -2.40. The molecule has 1 amide bonds. The average molecular weight is 227 g/mol. The lowest BCUT2D eigenvalue weighted by atomic mass is 9.97. The van der Waals surface area contributed by atoms with Crippen LogP contribution in [0.4, 0.5) is 0 Å². The Morgan fingerprint density at radius 3 is 2.75 bits per heavy atom. The summed E-state index contributed by atoms with van der Waals surface area (Å²) >= 11 is 0. The topological polar surface area (TPSA) is 49.6 Å². The number of nitrogens with two attached hydrogens (primary N) is 1. The van der Waals surface area contributed by atoms with Gasteiger partial charge in [-0.1, -0.05) is 6.92 Å². The standard InChI is InChI=1S/C12H25N3O/c1-5-11(13)12(16)15(4)10-6-7-14(3)9(2)8-10/h9-11H,5-8,13H2,1-4H3/t9?,10?,11-/m0/s1. The second-order valence-electron chi connectivity index (χ2n) is 4.97. The minimum absolute atomic E-state index is 0.0873. The molecule has 1 saturated heterocycles. The van der Waals surface area contributed by atoms with Crippen LogP contribution in [0.25, 0.3) is 0 Å². The van der Waals surface area contributed by atoms with Crippen molar-refractivity contribution in [3.63, 3.8) is 0 Å². The third-order valence-corrected chi connectivity index (χ3v) is 3.83. The van der Waals surface area contributed by atoms with E-state index in [1.807, 2.05) is 18.9 Å². The molecule has 2 unspecified atom stereocenters. The molecule has 1 fully saturated rings. The van der Waals surface area contributed by atoms with E-state index in [9.17, 15) is 4.79 Å². The van der Waals surface area contributed by atoms with Gasteiger partial charge in [-0.2, -0.15) is 0 Å². The van der Waals surface area contributed by atoms with Gasteiger partial charge in [-0.05, 0) is 33.2 Å². The van der Waals surface area contributed by atoms with Crippen LogP contribution in [0.3, 0.4) is 0 Å². The summed E-state index contributed by atoms with van der Waals surface area (Å²) in [5.74, 6) is 0.0873. The molecule has 0 spiro atoms. The van der Waals surface area contributed by atoms with Gasteiger partial charge in [0.05, 0.1) is 6.04 Å². The lowest BCUT2D eigenvalue weighted by Crippen LogP contribution is -2.51. The van der Waals surface area contributed by atoms with Crippen LogP contribution in [0.2, 0.25) is 0 Å². The molecule has 4 heteroatoms. The molecule has 1 aliphatic heterocycles. The van der Waals surface area contributed by atoms with Crippen molar-refractivity contribution in [2.75, 3.05) is 20.6 Å². The van der Waals surface area contributed by atoms with E-state index in [4.69, 9.17) is 5.73 Å². The second kappa shape index (κ2) is 5.64. The van der Waals surface area contributed by atoms with Crippen molar-refractivity contribution in [3.05, 3.63) is 0 Å². The largest absolute Gasteiger partial charge is 0.341 e. The van der Waals surface area contributed by atoms with Crippen LogP contribution < -0.4 is 5.73 Å². The number of likely N-dealkylation sites (N-methyl/N-ethyl adjacent to an activating group) is 1. The predicted octanol–water partition coefficient (Wildman–Crippen LogP) is 0.665. The highest BCUT2D eigenvalue weighted by molar-refractivity contribution is 5.81. The summed E-state index contributed by atoms with van der Waals surface area (Å²) in [6.45, 7) is 5.22. The molecule has 0 saturated carbocycles. The first kappa shape index (κ1) is 13.5. The minimum atomic E-state index is -0.333. The quantitative estimate of drug-likeness (QED) is 0.771. The van der Waals surface area contributed by atoms with E-state index in [-0.39, 0.29) is 11.9 Å². The first-order chi connectivity index (χ1) is 7.47. The number of hydrogen-bond acceptors (Lipinski definition) is 3. The normalized spacial score (nSPS) is 28.8. The van der Waals surface area contributed by atoms with Crippen molar-refractivity contribution in [2.45, 2.75) is 51.2 Å². The summed E-state index contributed by atoms with van der Waals surface area (Å²) in [4.78, 5) is 16.1. The zero-order valence-electron chi connectivity index (χ0n) is 10.9. The fourth-order valence-electron chi connectivity index (χ4n) is 2.23. The molecule has 0 aromatic rings. The van der Waals surface area contributed by atoms with Gasteiger partial charge in [0.1, 0.15) is 0 Å². The van der Waals surface area contributed by atoms with Crippen molar-refractivity contribution >= 4 is 5.91 Å². The molecule has 0 radical (unpaired) electrons. The van der Waals surface area contributed by atoms with Crippen LogP contribution in [0.15, 0.2) is 0 Å². The Labute approximate surface area is 98.8 Å². The Bertz CT molecular complexity index is 244. The maximum atomic E-state index is 11.9. The third-order valence-electron chi connectivity index (χ3n) is 3.83. The van der Waals surface area contributed by atoms with E-state index in [1.165, 1.54) is 0 Å². The Balaban J connectivity index is 2.54. The SMILES string of the molecule is CC[C@H](N)C(=O)N(C)C1CCN(C)C(C)C1. The molecule has 16 heavy (non-hydrogen) atoms. The fourth-order valence-corrected chi connectivity index (χ4v) is 2.23. The maximum absolute atomic E-state index is 11.9. The van der Waals surface area contributed by atoms with E-state index in [0.717, 1.165) is 19.4 Å². The highest BCUT2D eigenvalue weighted by Gasteiger charge is 2.29. The first-order valence-electron chi connectivity index (χ1n) is 6.19. The van der Waals surface area contributed by atoms with Crippen molar-refractivity contribution in [2.24, 2.45) is 5.73 Å². The summed E-state index contributed by atoms with van der Waals surface area (Å²) < 4.78 is 0. The average Bonchev–Trinajstić information content (AvgIpc) is 2.29. The number of nitrogens with zero attached hydrogens (tertiary/aromatic N) is 2. The molecule has 0 bridgehead atoms. The van der Waals surface area contributed by atoms with Gasteiger partial charge in [0.2, 0.25) is 5.91 Å². The minimum Gasteiger partial charge on any atom is -0.341 e. The van der Waals surface area contributed by atoms with Gasteiger partial charge in [-0.3, -0.25) is 4.79 Å². The summed E-state index contributed by atoms with van der Waals surface area (Å²) in [6, 6.07) is 0.572. The van der Waals surface area contributed by atoms with Crippen LogP contribution in [-0.4, -0.2) is 54.5 Å². The van der Waals surface area contributed by atoms with E-state index in [0.29, 0.717) is 18.5 Å². The van der Waals surface area contributed by atoms with Crippen LogP contribution in [0.1, 0.15) is 33.1 Å². The molecule has 0 aliphatic carbocycles. The summed E-state index contributed by atoms with van der Waals surface area (Å²) in [5, 5.41) is 0. The number of amides is 1. The molecular weight excluding hydrogens is 202 g/mol. The van der Waals surface area contributed by atoms with Crippen LogP contribution >= 0.6 is 0 Å². The van der Waals surface area contributed by atoms with Gasteiger partial charge in [0.25, 0.3) is 0 Å². The third kappa shape index (κ3) is 2.95. The molecule has 3 atom stereocenters. The Kier molecular flexibility index (Phi) is 4.74. The molecule has 1 aliphatic rings. The van der Waals surface area contributed by atoms with Crippen molar-refractivity contribution in [3.8, 4) is 0 Å². The Morgan fingerprint density at radius 2 is 2.25 bits per heavy atom. The van der Waals surface area contributed by atoms with Crippen LogP contribution in [-0.2, 0) is 4.79 Å². The Morgan fingerprint density at radius 1 is 1.62 bits per heavy atom. The van der Waals surface area contributed by atoms with Crippen molar-refractivity contribution in [1.82, 2.24) is 9.80 Å². The molecule has 4 nitrogen and oxygen atoms in total. The van der Waals surface area contributed by atoms with Gasteiger partial charge in [-0.15, -0.1) is 0 Å². The zero-order chi connectivity index (χ0) is 12.3. The number of piperidine rings is 1. The molecule has 0 aromatic heterocycles. The van der Waals surface area contributed by atoms with E-state index in [2.05, 4.69) is 18.9 Å². The maximum Gasteiger partial charge on any atom is 0.239 e. The molecule has 94 valence electrons. The summed E-state index contributed by atoms with van der Waals surface area (Å²) in [6.07, 6.45) is 2.82. The van der Waals surface area contributed by atoms with E-state index >= 15 is 0 Å². The van der Waals surface area contributed by atoms with Crippen molar-refractivity contribution < 1.29 is 4.79 Å². The number of rotatable bonds is 3. The second-order valence-corrected chi connectivity index (χ2v) is 4.97. The monoisotopic (exact) mass is 227 g/mol. The highest BCUT2D eigenvalue weighted by atomic mass is 16.2.